The summed E-state index contributed by atoms with van der Waals surface area (Å²) >= 11 is 5.18. The van der Waals surface area contributed by atoms with Gasteiger partial charge in [-0.25, -0.2) is 18.2 Å². The summed E-state index contributed by atoms with van der Waals surface area (Å²) in [4.78, 5) is 11.4. The summed E-state index contributed by atoms with van der Waals surface area (Å²) in [6, 6.07) is 10.2. The molecule has 1 aliphatic carbocycles. The molecular formula is C24H27F3N6S. The van der Waals surface area contributed by atoms with Crippen LogP contribution in [-0.4, -0.2) is 41.8 Å². The van der Waals surface area contributed by atoms with Gasteiger partial charge in [-0.2, -0.15) is 4.98 Å². The topological polar surface area (TPSA) is 65.1 Å². The van der Waals surface area contributed by atoms with Crippen LogP contribution in [0.5, 0.6) is 0 Å². The van der Waals surface area contributed by atoms with Crippen LogP contribution in [0, 0.1) is 23.4 Å². The summed E-state index contributed by atoms with van der Waals surface area (Å²) in [5.74, 6) is -2.15. The van der Waals surface area contributed by atoms with E-state index in [0.29, 0.717) is 18.4 Å². The Balaban J connectivity index is 1.28. The molecule has 0 aliphatic heterocycles. The summed E-state index contributed by atoms with van der Waals surface area (Å²) in [5.41, 5.74) is 0.705. The van der Waals surface area contributed by atoms with Crippen LogP contribution in [0.1, 0.15) is 25.7 Å². The van der Waals surface area contributed by atoms with Crippen molar-refractivity contribution in [2.24, 2.45) is 5.92 Å². The van der Waals surface area contributed by atoms with Crippen molar-refractivity contribution >= 4 is 45.7 Å². The molecule has 0 bridgehead atoms. The zero-order valence-corrected chi connectivity index (χ0v) is 19.9. The van der Waals surface area contributed by atoms with E-state index in [9.17, 15) is 13.2 Å². The maximum absolute atomic E-state index is 13.8. The van der Waals surface area contributed by atoms with E-state index in [2.05, 4.69) is 20.9 Å². The maximum Gasteiger partial charge on any atom is 0.225 e. The molecule has 1 aromatic heterocycles. The standard InChI is InChI=1S/C24H27F3N6S/c1-33(2)22-16-5-3-4-6-18(16)30-23(32-22)29-15-9-7-14(8-10-15)13-28-24(34)31-19-12-11-17(25)20(26)21(19)27/h3-6,11-12,14-15H,7-10,13H2,1-2H3,(H2,28,31,34)(H,29,30,32)/t14-,15+. The van der Waals surface area contributed by atoms with Gasteiger partial charge in [0.05, 0.1) is 11.2 Å². The van der Waals surface area contributed by atoms with Gasteiger partial charge in [-0.1, -0.05) is 12.1 Å². The van der Waals surface area contributed by atoms with E-state index in [1.54, 1.807) is 0 Å². The lowest BCUT2D eigenvalue weighted by molar-refractivity contribution is 0.336. The Hall–Kier alpha value is -3.14. The number of anilines is 3. The molecule has 1 aliphatic rings. The molecule has 1 heterocycles. The highest BCUT2D eigenvalue weighted by Gasteiger charge is 2.23. The highest BCUT2D eigenvalue weighted by Crippen LogP contribution is 2.28. The van der Waals surface area contributed by atoms with Crippen LogP contribution in [0.4, 0.5) is 30.6 Å². The first-order chi connectivity index (χ1) is 16.3. The number of rotatable bonds is 6. The number of hydrogen-bond donors (Lipinski definition) is 3. The van der Waals surface area contributed by atoms with Crippen LogP contribution in [0.2, 0.25) is 0 Å². The summed E-state index contributed by atoms with van der Waals surface area (Å²) in [5, 5.41) is 10.3. The highest BCUT2D eigenvalue weighted by molar-refractivity contribution is 7.80. The van der Waals surface area contributed by atoms with Crippen molar-refractivity contribution in [2.75, 3.05) is 36.2 Å². The van der Waals surface area contributed by atoms with Crippen LogP contribution >= 0.6 is 12.2 Å². The van der Waals surface area contributed by atoms with E-state index in [0.717, 1.165) is 54.5 Å². The predicted molar refractivity (Wildman–Crippen MR) is 134 cm³/mol. The maximum atomic E-state index is 13.8. The van der Waals surface area contributed by atoms with Gasteiger partial charge >= 0.3 is 0 Å². The van der Waals surface area contributed by atoms with Gasteiger partial charge in [0.2, 0.25) is 5.95 Å². The van der Waals surface area contributed by atoms with Crippen molar-refractivity contribution in [3.8, 4) is 0 Å². The zero-order chi connectivity index (χ0) is 24.2. The number of nitrogens with one attached hydrogen (secondary N) is 3. The van der Waals surface area contributed by atoms with Gasteiger partial charge in [0, 0.05) is 32.1 Å². The van der Waals surface area contributed by atoms with Gasteiger partial charge in [0.15, 0.2) is 22.6 Å². The normalized spacial score (nSPS) is 17.9. The fourth-order valence-corrected chi connectivity index (χ4v) is 4.38. The van der Waals surface area contributed by atoms with E-state index < -0.39 is 17.5 Å². The Morgan fingerprint density at radius 2 is 1.74 bits per heavy atom. The summed E-state index contributed by atoms with van der Waals surface area (Å²) < 4.78 is 40.3. The number of aromatic nitrogens is 2. The number of halogens is 3. The highest BCUT2D eigenvalue weighted by atomic mass is 32.1. The smallest absolute Gasteiger partial charge is 0.225 e. The third kappa shape index (κ3) is 5.49. The zero-order valence-electron chi connectivity index (χ0n) is 19.0. The predicted octanol–water partition coefficient (Wildman–Crippen LogP) is 5.07. The summed E-state index contributed by atoms with van der Waals surface area (Å²) in [6.07, 6.45) is 3.86. The average Bonchev–Trinajstić information content (AvgIpc) is 2.83. The van der Waals surface area contributed by atoms with Crippen LogP contribution in [0.25, 0.3) is 10.9 Å². The monoisotopic (exact) mass is 488 g/mol. The second kappa shape index (κ2) is 10.4. The number of nitrogens with zero attached hydrogens (tertiary/aromatic N) is 3. The molecular weight excluding hydrogens is 461 g/mol. The quantitative estimate of drug-likeness (QED) is 0.331. The Morgan fingerprint density at radius 1 is 1.00 bits per heavy atom. The van der Waals surface area contributed by atoms with Gasteiger partial charge in [-0.3, -0.25) is 0 Å². The Kier molecular flexibility index (Phi) is 7.35. The van der Waals surface area contributed by atoms with Gasteiger partial charge in [-0.05, 0) is 68.1 Å². The third-order valence-electron chi connectivity index (χ3n) is 6.02. The van der Waals surface area contributed by atoms with E-state index in [-0.39, 0.29) is 16.8 Å². The lowest BCUT2D eigenvalue weighted by Gasteiger charge is -2.29. The average molecular weight is 489 g/mol. The number of hydrogen-bond acceptors (Lipinski definition) is 5. The summed E-state index contributed by atoms with van der Waals surface area (Å²) in [7, 11) is 3.94. The molecule has 0 spiro atoms. The first kappa shape index (κ1) is 24.0. The molecule has 0 radical (unpaired) electrons. The lowest BCUT2D eigenvalue weighted by Crippen LogP contribution is -2.36. The molecule has 0 atom stereocenters. The Bertz CT molecular complexity index is 1180. The van der Waals surface area contributed by atoms with Gasteiger partial charge in [-0.15, -0.1) is 0 Å². The first-order valence-electron chi connectivity index (χ1n) is 11.2. The minimum Gasteiger partial charge on any atom is -0.362 e. The minimum atomic E-state index is -1.52. The third-order valence-corrected chi connectivity index (χ3v) is 6.27. The number of benzene rings is 2. The van der Waals surface area contributed by atoms with E-state index >= 15 is 0 Å². The van der Waals surface area contributed by atoms with Crippen molar-refractivity contribution in [3.05, 3.63) is 53.8 Å². The van der Waals surface area contributed by atoms with E-state index in [1.807, 2.05) is 43.3 Å². The molecule has 0 unspecified atom stereocenters. The number of para-hydroxylation sites is 1. The SMILES string of the molecule is CN(C)c1nc(N[C@H]2CC[C@@H](CNC(=S)Nc3ccc(F)c(F)c3F)CC2)nc2ccccc12. The molecule has 1 saturated carbocycles. The van der Waals surface area contributed by atoms with Crippen molar-refractivity contribution in [1.82, 2.24) is 15.3 Å². The molecule has 34 heavy (non-hydrogen) atoms. The first-order valence-corrected chi connectivity index (χ1v) is 11.6. The second-order valence-corrected chi connectivity index (χ2v) is 9.11. The number of fused-ring (bicyclic) bond motifs is 1. The molecule has 6 nitrogen and oxygen atoms in total. The number of thiocarbonyl (C=S) groups is 1. The molecule has 3 aromatic rings. The van der Waals surface area contributed by atoms with E-state index in [1.165, 1.54) is 0 Å². The Labute approximate surface area is 202 Å². The minimum absolute atomic E-state index is 0.172. The largest absolute Gasteiger partial charge is 0.362 e. The van der Waals surface area contributed by atoms with Gasteiger partial charge in [0.25, 0.3) is 0 Å². The molecule has 3 N–H and O–H groups in total. The molecule has 4 rings (SSSR count). The van der Waals surface area contributed by atoms with Crippen molar-refractivity contribution in [1.29, 1.82) is 0 Å². The lowest BCUT2D eigenvalue weighted by atomic mass is 9.86. The van der Waals surface area contributed by atoms with Gasteiger partial charge in [0.1, 0.15) is 5.82 Å². The van der Waals surface area contributed by atoms with Crippen LogP contribution in [0.3, 0.4) is 0 Å². The molecule has 1 fully saturated rings. The van der Waals surface area contributed by atoms with Crippen LogP contribution in [-0.2, 0) is 0 Å². The molecule has 2 aromatic carbocycles. The van der Waals surface area contributed by atoms with Crippen molar-refractivity contribution in [3.63, 3.8) is 0 Å². The van der Waals surface area contributed by atoms with Crippen LogP contribution < -0.4 is 20.9 Å². The van der Waals surface area contributed by atoms with E-state index in [4.69, 9.17) is 17.2 Å². The molecule has 180 valence electrons. The fraction of sp³-hybridized carbons (Fsp3) is 0.375. The van der Waals surface area contributed by atoms with Crippen molar-refractivity contribution < 1.29 is 13.2 Å². The molecule has 0 saturated heterocycles. The fourth-order valence-electron chi connectivity index (χ4n) is 4.18. The molecule has 0 amide bonds. The van der Waals surface area contributed by atoms with Crippen LogP contribution in [0.15, 0.2) is 36.4 Å². The molecule has 10 heteroatoms. The Morgan fingerprint density at radius 3 is 2.47 bits per heavy atom. The summed E-state index contributed by atoms with van der Waals surface area (Å²) in [6.45, 7) is 0.612. The van der Waals surface area contributed by atoms with Gasteiger partial charge < -0.3 is 20.9 Å². The second-order valence-electron chi connectivity index (χ2n) is 8.70. The van der Waals surface area contributed by atoms with Crippen molar-refractivity contribution in [2.45, 2.75) is 31.7 Å².